The van der Waals surface area contributed by atoms with E-state index in [2.05, 4.69) is 22.5 Å². The van der Waals surface area contributed by atoms with Gasteiger partial charge in [0.25, 0.3) is 11.8 Å². The summed E-state index contributed by atoms with van der Waals surface area (Å²) in [4.78, 5) is 28.9. The van der Waals surface area contributed by atoms with E-state index in [1.165, 1.54) is 24.0 Å². The number of hydrogen-bond acceptors (Lipinski definition) is 3. The molecule has 2 amide bonds. The smallest absolute Gasteiger partial charge is 0.257 e. The number of halogens is 1. The monoisotopic (exact) mass is 393 g/mol. The first-order valence-electron chi connectivity index (χ1n) is 8.93. The largest absolute Gasteiger partial charge is 0.348 e. The van der Waals surface area contributed by atoms with Crippen molar-refractivity contribution in [1.82, 2.24) is 10.3 Å². The summed E-state index contributed by atoms with van der Waals surface area (Å²) in [5.74, 6) is -0.617. The lowest BCUT2D eigenvalue weighted by molar-refractivity contribution is 0.0950. The van der Waals surface area contributed by atoms with E-state index in [-0.39, 0.29) is 11.8 Å². The van der Waals surface area contributed by atoms with Crippen molar-refractivity contribution in [1.29, 1.82) is 0 Å². The lowest BCUT2D eigenvalue weighted by atomic mass is 10.1. The summed E-state index contributed by atoms with van der Waals surface area (Å²) in [6.07, 6.45) is 3.81. The lowest BCUT2D eigenvalue weighted by Crippen LogP contribution is -2.23. The Morgan fingerprint density at radius 3 is 2.14 bits per heavy atom. The number of amides is 2. The number of aromatic nitrogens is 1. The Morgan fingerprint density at radius 2 is 1.50 bits per heavy atom. The molecule has 5 nitrogen and oxygen atoms in total. The average Bonchev–Trinajstić information content (AvgIpc) is 2.73. The molecule has 0 aliphatic carbocycles. The standard InChI is InChI=1S/C22H20ClN3O2/c1-2-15-5-9-20(10-6-15)26-22(28)18-11-17(13-24-14-18)21(27)25-12-16-3-7-19(23)8-4-16/h3-11,13-14H,2,12H2,1H3,(H,25,27)(H,26,28). The molecule has 0 saturated carbocycles. The van der Waals surface area contributed by atoms with Crippen LogP contribution in [0.3, 0.4) is 0 Å². The minimum Gasteiger partial charge on any atom is -0.348 e. The van der Waals surface area contributed by atoms with Crippen LogP contribution in [-0.2, 0) is 13.0 Å². The van der Waals surface area contributed by atoms with E-state index < -0.39 is 0 Å². The topological polar surface area (TPSA) is 71.1 Å². The van der Waals surface area contributed by atoms with Crippen molar-refractivity contribution in [3.63, 3.8) is 0 Å². The highest BCUT2D eigenvalue weighted by atomic mass is 35.5. The molecule has 2 N–H and O–H groups in total. The van der Waals surface area contributed by atoms with Gasteiger partial charge in [0, 0.05) is 29.6 Å². The first-order valence-corrected chi connectivity index (χ1v) is 9.31. The number of nitrogens with zero attached hydrogens (tertiary/aromatic N) is 1. The van der Waals surface area contributed by atoms with E-state index in [9.17, 15) is 9.59 Å². The van der Waals surface area contributed by atoms with Crippen LogP contribution in [0.25, 0.3) is 0 Å². The maximum Gasteiger partial charge on any atom is 0.257 e. The van der Waals surface area contributed by atoms with Crippen molar-refractivity contribution >= 4 is 29.1 Å². The van der Waals surface area contributed by atoms with Crippen molar-refractivity contribution in [2.45, 2.75) is 19.9 Å². The molecule has 3 aromatic rings. The summed E-state index contributed by atoms with van der Waals surface area (Å²) in [5, 5.41) is 6.27. The molecule has 0 bridgehead atoms. The molecule has 0 spiro atoms. The highest BCUT2D eigenvalue weighted by molar-refractivity contribution is 6.30. The van der Waals surface area contributed by atoms with Gasteiger partial charge in [-0.2, -0.15) is 0 Å². The molecule has 1 aromatic heterocycles. The number of carbonyl (C=O) groups is 2. The van der Waals surface area contributed by atoms with Crippen molar-refractivity contribution in [2.75, 3.05) is 5.32 Å². The molecule has 28 heavy (non-hydrogen) atoms. The van der Waals surface area contributed by atoms with Crippen LogP contribution in [0.1, 0.15) is 38.8 Å². The van der Waals surface area contributed by atoms with Crippen LogP contribution in [0, 0.1) is 0 Å². The Kier molecular flexibility index (Phi) is 6.40. The van der Waals surface area contributed by atoms with Gasteiger partial charge in [-0.15, -0.1) is 0 Å². The third-order valence-electron chi connectivity index (χ3n) is 4.25. The fourth-order valence-corrected chi connectivity index (χ4v) is 2.73. The highest BCUT2D eigenvalue weighted by Crippen LogP contribution is 2.13. The van der Waals surface area contributed by atoms with Gasteiger partial charge in [0.1, 0.15) is 0 Å². The number of rotatable bonds is 6. The third-order valence-corrected chi connectivity index (χ3v) is 4.50. The minimum atomic E-state index is -0.316. The predicted molar refractivity (Wildman–Crippen MR) is 111 cm³/mol. The van der Waals surface area contributed by atoms with Gasteiger partial charge >= 0.3 is 0 Å². The van der Waals surface area contributed by atoms with Gasteiger partial charge in [-0.3, -0.25) is 14.6 Å². The average molecular weight is 394 g/mol. The second kappa shape index (κ2) is 9.15. The molecule has 0 fully saturated rings. The number of carbonyl (C=O) groups excluding carboxylic acids is 2. The van der Waals surface area contributed by atoms with Crippen molar-refractivity contribution in [3.8, 4) is 0 Å². The zero-order valence-corrected chi connectivity index (χ0v) is 16.2. The van der Waals surface area contributed by atoms with Crippen LogP contribution in [-0.4, -0.2) is 16.8 Å². The van der Waals surface area contributed by atoms with E-state index in [0.29, 0.717) is 28.4 Å². The summed E-state index contributed by atoms with van der Waals surface area (Å²) in [6.45, 7) is 2.43. The van der Waals surface area contributed by atoms with Crippen LogP contribution in [0.4, 0.5) is 5.69 Å². The Morgan fingerprint density at radius 1 is 0.893 bits per heavy atom. The number of hydrogen-bond donors (Lipinski definition) is 2. The maximum atomic E-state index is 12.5. The number of aryl methyl sites for hydroxylation is 1. The minimum absolute atomic E-state index is 0.301. The quantitative estimate of drug-likeness (QED) is 0.648. The number of pyridine rings is 1. The van der Waals surface area contributed by atoms with Gasteiger partial charge in [0.2, 0.25) is 0 Å². The zero-order chi connectivity index (χ0) is 19.9. The van der Waals surface area contributed by atoms with Crippen molar-refractivity contribution in [3.05, 3.63) is 94.3 Å². The van der Waals surface area contributed by atoms with Gasteiger partial charge in [0.15, 0.2) is 0 Å². The Bertz CT molecular complexity index is 970. The maximum absolute atomic E-state index is 12.5. The summed E-state index contributed by atoms with van der Waals surface area (Å²) in [6, 6.07) is 16.4. The normalized spacial score (nSPS) is 10.4. The Labute approximate surface area is 168 Å². The summed E-state index contributed by atoms with van der Waals surface area (Å²) < 4.78 is 0. The van der Waals surface area contributed by atoms with E-state index in [4.69, 9.17) is 11.6 Å². The summed E-state index contributed by atoms with van der Waals surface area (Å²) >= 11 is 5.86. The van der Waals surface area contributed by atoms with Crippen molar-refractivity contribution < 1.29 is 9.59 Å². The lowest BCUT2D eigenvalue weighted by Gasteiger charge is -2.08. The second-order valence-electron chi connectivity index (χ2n) is 6.28. The summed E-state index contributed by atoms with van der Waals surface area (Å²) in [7, 11) is 0. The van der Waals surface area contributed by atoms with Gasteiger partial charge < -0.3 is 10.6 Å². The first kappa shape index (κ1) is 19.6. The van der Waals surface area contributed by atoms with E-state index in [1.54, 1.807) is 12.1 Å². The zero-order valence-electron chi connectivity index (χ0n) is 15.4. The third kappa shape index (κ3) is 5.18. The molecular formula is C22H20ClN3O2. The van der Waals surface area contributed by atoms with Gasteiger partial charge in [-0.05, 0) is 47.9 Å². The van der Waals surface area contributed by atoms with E-state index >= 15 is 0 Å². The number of benzene rings is 2. The van der Waals surface area contributed by atoms with E-state index in [0.717, 1.165) is 12.0 Å². The SMILES string of the molecule is CCc1ccc(NC(=O)c2cncc(C(=O)NCc3ccc(Cl)cc3)c2)cc1. The van der Waals surface area contributed by atoms with E-state index in [1.807, 2.05) is 36.4 Å². The molecule has 142 valence electrons. The van der Waals surface area contributed by atoms with Crippen LogP contribution in [0.2, 0.25) is 5.02 Å². The van der Waals surface area contributed by atoms with Crippen LogP contribution < -0.4 is 10.6 Å². The van der Waals surface area contributed by atoms with Gasteiger partial charge in [-0.1, -0.05) is 42.8 Å². The van der Waals surface area contributed by atoms with Crippen LogP contribution in [0.5, 0.6) is 0 Å². The number of anilines is 1. The molecular weight excluding hydrogens is 374 g/mol. The molecule has 2 aromatic carbocycles. The number of nitrogens with one attached hydrogen (secondary N) is 2. The molecule has 3 rings (SSSR count). The Hall–Kier alpha value is -3.18. The molecule has 6 heteroatoms. The molecule has 1 heterocycles. The molecule has 0 aliphatic rings. The van der Waals surface area contributed by atoms with Crippen LogP contribution in [0.15, 0.2) is 67.0 Å². The molecule has 0 aliphatic heterocycles. The molecule has 0 saturated heterocycles. The Balaban J connectivity index is 1.64. The van der Waals surface area contributed by atoms with Crippen molar-refractivity contribution in [2.24, 2.45) is 0 Å². The fourth-order valence-electron chi connectivity index (χ4n) is 2.60. The predicted octanol–water partition coefficient (Wildman–Crippen LogP) is 4.48. The summed E-state index contributed by atoms with van der Waals surface area (Å²) in [5.41, 5.74) is 3.45. The molecule has 0 unspecified atom stereocenters. The fraction of sp³-hybridized carbons (Fsp3) is 0.136. The van der Waals surface area contributed by atoms with Crippen LogP contribution >= 0.6 is 11.6 Å². The molecule has 0 radical (unpaired) electrons. The second-order valence-corrected chi connectivity index (χ2v) is 6.71. The molecule has 0 atom stereocenters. The van der Waals surface area contributed by atoms with Gasteiger partial charge in [0.05, 0.1) is 11.1 Å². The van der Waals surface area contributed by atoms with Gasteiger partial charge in [-0.25, -0.2) is 0 Å². The first-order chi connectivity index (χ1) is 13.5. The highest BCUT2D eigenvalue weighted by Gasteiger charge is 2.12.